The molecule has 0 bridgehead atoms. The van der Waals surface area contributed by atoms with Gasteiger partial charge in [0.15, 0.2) is 0 Å². The van der Waals surface area contributed by atoms with Gasteiger partial charge in [-0.2, -0.15) is 13.1 Å². The standard InChI is InChI=1S/C15H16N2O3S/c18-21(19,16-12-13-6-2-1-3-7-13)17-10-11-20-15-9-5-4-8-14(15)17/h1-9,16H,10-12H2. The number of anilines is 1. The Morgan fingerprint density at radius 1 is 1.05 bits per heavy atom. The number of fused-ring (bicyclic) bond motifs is 1. The van der Waals surface area contributed by atoms with Gasteiger partial charge in [0, 0.05) is 6.54 Å². The zero-order chi connectivity index (χ0) is 14.7. The molecule has 0 fully saturated rings. The van der Waals surface area contributed by atoms with Crippen LogP contribution in [-0.4, -0.2) is 21.6 Å². The lowest BCUT2D eigenvalue weighted by Crippen LogP contribution is -2.44. The van der Waals surface area contributed by atoms with Gasteiger partial charge in [0.25, 0.3) is 0 Å². The summed E-state index contributed by atoms with van der Waals surface area (Å²) < 4.78 is 34.4. The van der Waals surface area contributed by atoms with Crippen molar-refractivity contribution >= 4 is 15.9 Å². The Balaban J connectivity index is 1.80. The molecule has 3 rings (SSSR count). The number of hydrogen-bond donors (Lipinski definition) is 1. The van der Waals surface area contributed by atoms with Crippen LogP contribution in [0.2, 0.25) is 0 Å². The normalized spacial score (nSPS) is 14.4. The molecule has 21 heavy (non-hydrogen) atoms. The van der Waals surface area contributed by atoms with E-state index in [9.17, 15) is 8.42 Å². The van der Waals surface area contributed by atoms with Crippen molar-refractivity contribution in [1.82, 2.24) is 4.72 Å². The van der Waals surface area contributed by atoms with Gasteiger partial charge in [-0.15, -0.1) is 0 Å². The Morgan fingerprint density at radius 2 is 1.76 bits per heavy atom. The van der Waals surface area contributed by atoms with E-state index >= 15 is 0 Å². The van der Waals surface area contributed by atoms with E-state index in [1.807, 2.05) is 36.4 Å². The summed E-state index contributed by atoms with van der Waals surface area (Å²) >= 11 is 0. The molecule has 1 N–H and O–H groups in total. The van der Waals surface area contributed by atoms with Crippen LogP contribution < -0.4 is 13.8 Å². The smallest absolute Gasteiger partial charge is 0.302 e. The molecule has 2 aromatic carbocycles. The van der Waals surface area contributed by atoms with Crippen LogP contribution in [0.25, 0.3) is 0 Å². The molecule has 0 spiro atoms. The van der Waals surface area contributed by atoms with Gasteiger partial charge in [0.05, 0.1) is 12.2 Å². The van der Waals surface area contributed by atoms with Crippen LogP contribution >= 0.6 is 0 Å². The van der Waals surface area contributed by atoms with Gasteiger partial charge >= 0.3 is 10.2 Å². The summed E-state index contributed by atoms with van der Waals surface area (Å²) in [6, 6.07) is 16.6. The summed E-state index contributed by atoms with van der Waals surface area (Å²) in [4.78, 5) is 0. The lowest BCUT2D eigenvalue weighted by atomic mass is 10.2. The van der Waals surface area contributed by atoms with Crippen molar-refractivity contribution in [3.8, 4) is 5.75 Å². The van der Waals surface area contributed by atoms with Gasteiger partial charge in [0.2, 0.25) is 0 Å². The van der Waals surface area contributed by atoms with Crippen LogP contribution in [0.15, 0.2) is 54.6 Å². The molecule has 0 atom stereocenters. The third-order valence-electron chi connectivity index (χ3n) is 3.28. The molecule has 0 aromatic heterocycles. The highest BCUT2D eigenvalue weighted by Gasteiger charge is 2.27. The van der Waals surface area contributed by atoms with Gasteiger partial charge in [0.1, 0.15) is 12.4 Å². The molecule has 0 amide bonds. The van der Waals surface area contributed by atoms with E-state index in [0.29, 0.717) is 24.6 Å². The maximum atomic E-state index is 12.5. The lowest BCUT2D eigenvalue weighted by molar-refractivity contribution is 0.315. The number of ether oxygens (including phenoxy) is 1. The molecule has 0 saturated heterocycles. The quantitative estimate of drug-likeness (QED) is 0.939. The summed E-state index contributed by atoms with van der Waals surface area (Å²) in [5.41, 5.74) is 1.49. The van der Waals surface area contributed by atoms with Crippen LogP contribution in [-0.2, 0) is 16.8 Å². The van der Waals surface area contributed by atoms with E-state index in [1.54, 1.807) is 18.2 Å². The molecule has 5 nitrogen and oxygen atoms in total. The number of nitrogens with zero attached hydrogens (tertiary/aromatic N) is 1. The third kappa shape index (κ3) is 3.01. The first-order valence-electron chi connectivity index (χ1n) is 6.70. The minimum absolute atomic E-state index is 0.267. The van der Waals surface area contributed by atoms with Gasteiger partial charge in [-0.25, -0.2) is 0 Å². The summed E-state index contributed by atoms with van der Waals surface area (Å²) in [5, 5.41) is 0. The number of para-hydroxylation sites is 2. The first-order chi connectivity index (χ1) is 10.2. The number of rotatable bonds is 4. The molecule has 1 heterocycles. The third-order valence-corrected chi connectivity index (χ3v) is 4.75. The number of benzene rings is 2. The van der Waals surface area contributed by atoms with Crippen LogP contribution in [0.1, 0.15) is 5.56 Å². The molecule has 0 aliphatic carbocycles. The van der Waals surface area contributed by atoms with Crippen molar-refractivity contribution in [3.63, 3.8) is 0 Å². The fourth-order valence-electron chi connectivity index (χ4n) is 2.24. The molecule has 1 aliphatic rings. The molecule has 6 heteroatoms. The Labute approximate surface area is 124 Å². The maximum Gasteiger partial charge on any atom is 0.302 e. The average Bonchev–Trinajstić information content (AvgIpc) is 2.53. The van der Waals surface area contributed by atoms with E-state index in [-0.39, 0.29) is 6.54 Å². The minimum Gasteiger partial charge on any atom is -0.489 e. The minimum atomic E-state index is -3.59. The van der Waals surface area contributed by atoms with Crippen LogP contribution in [0.5, 0.6) is 5.75 Å². The molecular formula is C15H16N2O3S. The van der Waals surface area contributed by atoms with Crippen molar-refractivity contribution in [2.45, 2.75) is 6.54 Å². The zero-order valence-electron chi connectivity index (χ0n) is 11.4. The predicted molar refractivity (Wildman–Crippen MR) is 81.5 cm³/mol. The molecule has 0 saturated carbocycles. The van der Waals surface area contributed by atoms with E-state index in [0.717, 1.165) is 5.56 Å². The molecular weight excluding hydrogens is 288 g/mol. The van der Waals surface area contributed by atoms with Crippen LogP contribution in [0.3, 0.4) is 0 Å². The topological polar surface area (TPSA) is 58.6 Å². The van der Waals surface area contributed by atoms with Crippen molar-refractivity contribution in [3.05, 3.63) is 60.2 Å². The highest BCUT2D eigenvalue weighted by atomic mass is 32.2. The van der Waals surface area contributed by atoms with E-state index in [2.05, 4.69) is 4.72 Å². The molecule has 0 unspecified atom stereocenters. The van der Waals surface area contributed by atoms with Crippen molar-refractivity contribution in [2.24, 2.45) is 0 Å². The highest BCUT2D eigenvalue weighted by molar-refractivity contribution is 7.90. The molecule has 0 radical (unpaired) electrons. The van der Waals surface area contributed by atoms with E-state index in [4.69, 9.17) is 4.74 Å². The van der Waals surface area contributed by atoms with Crippen molar-refractivity contribution in [1.29, 1.82) is 0 Å². The van der Waals surface area contributed by atoms with Crippen molar-refractivity contribution < 1.29 is 13.2 Å². The molecule has 1 aliphatic heterocycles. The summed E-state index contributed by atoms with van der Waals surface area (Å²) in [6.45, 7) is 0.924. The molecule has 110 valence electrons. The number of hydrogen-bond acceptors (Lipinski definition) is 3. The monoisotopic (exact) mass is 304 g/mol. The summed E-state index contributed by atoms with van der Waals surface area (Å²) in [5.74, 6) is 0.592. The van der Waals surface area contributed by atoms with Crippen LogP contribution in [0.4, 0.5) is 5.69 Å². The van der Waals surface area contributed by atoms with E-state index in [1.165, 1.54) is 4.31 Å². The van der Waals surface area contributed by atoms with Gasteiger partial charge in [-0.1, -0.05) is 42.5 Å². The molecule has 2 aromatic rings. The second kappa shape index (κ2) is 5.75. The Hall–Kier alpha value is -2.05. The SMILES string of the molecule is O=S(=O)(NCc1ccccc1)N1CCOc2ccccc21. The van der Waals surface area contributed by atoms with Gasteiger partial charge in [-0.05, 0) is 17.7 Å². The Morgan fingerprint density at radius 3 is 2.57 bits per heavy atom. The van der Waals surface area contributed by atoms with Crippen LogP contribution in [0, 0.1) is 0 Å². The predicted octanol–water partition coefficient (Wildman–Crippen LogP) is 1.92. The fourth-order valence-corrected chi connectivity index (χ4v) is 3.47. The first kappa shape index (κ1) is 13.9. The fraction of sp³-hybridized carbons (Fsp3) is 0.200. The van der Waals surface area contributed by atoms with Gasteiger partial charge < -0.3 is 4.74 Å². The average molecular weight is 304 g/mol. The zero-order valence-corrected chi connectivity index (χ0v) is 12.2. The summed E-state index contributed by atoms with van der Waals surface area (Å²) in [7, 11) is -3.59. The summed E-state index contributed by atoms with van der Waals surface area (Å²) in [6.07, 6.45) is 0. The van der Waals surface area contributed by atoms with E-state index < -0.39 is 10.2 Å². The van der Waals surface area contributed by atoms with Gasteiger partial charge in [-0.3, -0.25) is 4.31 Å². The Kier molecular flexibility index (Phi) is 3.81. The first-order valence-corrected chi connectivity index (χ1v) is 8.14. The Bertz CT molecular complexity index is 717. The second-order valence-corrected chi connectivity index (χ2v) is 6.38. The maximum absolute atomic E-state index is 12.5. The van der Waals surface area contributed by atoms with Crippen molar-refractivity contribution in [2.75, 3.05) is 17.5 Å². The number of nitrogens with one attached hydrogen (secondary N) is 1. The largest absolute Gasteiger partial charge is 0.489 e. The lowest BCUT2D eigenvalue weighted by Gasteiger charge is -2.30. The highest BCUT2D eigenvalue weighted by Crippen LogP contribution is 2.32. The second-order valence-electron chi connectivity index (χ2n) is 4.70.